The molecule has 0 atom stereocenters. The summed E-state index contributed by atoms with van der Waals surface area (Å²) < 4.78 is 32.0. The Kier molecular flexibility index (Phi) is 3.85. The van der Waals surface area contributed by atoms with Gasteiger partial charge in [0.15, 0.2) is 0 Å². The summed E-state index contributed by atoms with van der Waals surface area (Å²) in [7, 11) is -2.12. The molecule has 6 heteroatoms. The summed E-state index contributed by atoms with van der Waals surface area (Å²) in [6.45, 7) is 1.84. The maximum atomic E-state index is 12.2. The molecule has 0 bridgehead atoms. The lowest BCUT2D eigenvalue weighted by atomic mass is 10.2. The van der Waals surface area contributed by atoms with E-state index in [0.29, 0.717) is 17.1 Å². The molecule has 3 N–H and O–H groups in total. The van der Waals surface area contributed by atoms with Crippen molar-refractivity contribution >= 4 is 21.4 Å². The van der Waals surface area contributed by atoms with Crippen molar-refractivity contribution in [1.82, 2.24) is 0 Å². The van der Waals surface area contributed by atoms with Gasteiger partial charge in [0, 0.05) is 0 Å². The minimum absolute atomic E-state index is 0.215. The Morgan fingerprint density at radius 2 is 1.90 bits per heavy atom. The number of nitrogens with one attached hydrogen (secondary N) is 1. The Bertz CT molecular complexity index is 727. The predicted molar refractivity (Wildman–Crippen MR) is 79.4 cm³/mol. The molecular formula is C14H16N2O3S. The van der Waals surface area contributed by atoms with Crippen LogP contribution in [0.25, 0.3) is 0 Å². The van der Waals surface area contributed by atoms with Gasteiger partial charge in [0.05, 0.1) is 23.4 Å². The maximum absolute atomic E-state index is 12.2. The van der Waals surface area contributed by atoms with E-state index < -0.39 is 10.0 Å². The molecule has 0 aliphatic carbocycles. The molecule has 0 unspecified atom stereocenters. The minimum Gasteiger partial charge on any atom is -0.495 e. The Labute approximate surface area is 118 Å². The molecule has 106 valence electrons. The first-order valence-corrected chi connectivity index (χ1v) is 7.44. The molecule has 0 aromatic heterocycles. The van der Waals surface area contributed by atoms with Crippen molar-refractivity contribution in [3.63, 3.8) is 0 Å². The molecule has 0 heterocycles. The zero-order chi connectivity index (χ0) is 14.8. The number of methoxy groups -OCH3 is 1. The van der Waals surface area contributed by atoms with Crippen molar-refractivity contribution in [3.8, 4) is 5.75 Å². The number of ether oxygens (including phenoxy) is 1. The molecule has 0 saturated carbocycles. The molecule has 0 spiro atoms. The van der Waals surface area contributed by atoms with Gasteiger partial charge < -0.3 is 10.5 Å². The first-order valence-electron chi connectivity index (χ1n) is 5.95. The molecule has 0 fully saturated rings. The standard InChI is InChI=1S/C14H16N2O3S/c1-10-4-3-5-12(8-10)20(17,18)16-11-6-7-14(19-2)13(15)9-11/h3-9,16H,15H2,1-2H3. The zero-order valence-corrected chi connectivity index (χ0v) is 12.1. The van der Waals surface area contributed by atoms with Gasteiger partial charge in [0.1, 0.15) is 5.75 Å². The monoisotopic (exact) mass is 292 g/mol. The Morgan fingerprint density at radius 3 is 2.50 bits per heavy atom. The highest BCUT2D eigenvalue weighted by molar-refractivity contribution is 7.92. The number of hydrogen-bond acceptors (Lipinski definition) is 4. The third-order valence-electron chi connectivity index (χ3n) is 2.78. The molecular weight excluding hydrogens is 276 g/mol. The van der Waals surface area contributed by atoms with Gasteiger partial charge in [-0.15, -0.1) is 0 Å². The second-order valence-corrected chi connectivity index (χ2v) is 6.06. The third-order valence-corrected chi connectivity index (χ3v) is 4.16. The zero-order valence-electron chi connectivity index (χ0n) is 11.3. The largest absolute Gasteiger partial charge is 0.495 e. The lowest BCUT2D eigenvalue weighted by Crippen LogP contribution is -2.13. The number of hydrogen-bond donors (Lipinski definition) is 2. The number of nitrogens with two attached hydrogens (primary N) is 1. The van der Waals surface area contributed by atoms with Crippen molar-refractivity contribution in [2.45, 2.75) is 11.8 Å². The number of rotatable bonds is 4. The van der Waals surface area contributed by atoms with Gasteiger partial charge >= 0.3 is 0 Å². The van der Waals surface area contributed by atoms with Crippen LogP contribution < -0.4 is 15.2 Å². The number of nitrogen functional groups attached to an aromatic ring is 1. The summed E-state index contributed by atoms with van der Waals surface area (Å²) in [5, 5.41) is 0. The minimum atomic E-state index is -3.62. The van der Waals surface area contributed by atoms with E-state index in [1.807, 2.05) is 13.0 Å². The fourth-order valence-corrected chi connectivity index (χ4v) is 2.95. The number of aryl methyl sites for hydroxylation is 1. The van der Waals surface area contributed by atoms with Crippen LogP contribution in [0.4, 0.5) is 11.4 Å². The van der Waals surface area contributed by atoms with Crippen LogP contribution in [0.2, 0.25) is 0 Å². The van der Waals surface area contributed by atoms with E-state index in [-0.39, 0.29) is 4.90 Å². The van der Waals surface area contributed by atoms with E-state index in [9.17, 15) is 8.42 Å². The molecule has 0 saturated heterocycles. The fourth-order valence-electron chi connectivity index (χ4n) is 1.79. The topological polar surface area (TPSA) is 81.4 Å². The van der Waals surface area contributed by atoms with Crippen LogP contribution in [0.5, 0.6) is 5.75 Å². The van der Waals surface area contributed by atoms with E-state index in [0.717, 1.165) is 5.56 Å². The van der Waals surface area contributed by atoms with Crippen LogP contribution in [-0.4, -0.2) is 15.5 Å². The van der Waals surface area contributed by atoms with Crippen molar-refractivity contribution < 1.29 is 13.2 Å². The van der Waals surface area contributed by atoms with E-state index >= 15 is 0 Å². The number of anilines is 2. The van der Waals surface area contributed by atoms with Crippen molar-refractivity contribution in [3.05, 3.63) is 48.0 Å². The van der Waals surface area contributed by atoms with Crippen molar-refractivity contribution in [2.24, 2.45) is 0 Å². The summed E-state index contributed by atoms with van der Waals surface area (Å²) >= 11 is 0. The van der Waals surface area contributed by atoms with Crippen molar-refractivity contribution in [2.75, 3.05) is 17.6 Å². The lowest BCUT2D eigenvalue weighted by Gasteiger charge is -2.11. The molecule has 0 radical (unpaired) electrons. The maximum Gasteiger partial charge on any atom is 0.261 e. The van der Waals surface area contributed by atoms with Crippen LogP contribution in [-0.2, 0) is 10.0 Å². The van der Waals surface area contributed by atoms with Crippen LogP contribution >= 0.6 is 0 Å². The second kappa shape index (κ2) is 5.42. The van der Waals surface area contributed by atoms with Crippen LogP contribution in [0.3, 0.4) is 0 Å². The van der Waals surface area contributed by atoms with Gasteiger partial charge in [-0.1, -0.05) is 12.1 Å². The van der Waals surface area contributed by atoms with E-state index in [2.05, 4.69) is 4.72 Å². The fraction of sp³-hybridized carbons (Fsp3) is 0.143. The average molecular weight is 292 g/mol. The van der Waals surface area contributed by atoms with E-state index in [1.165, 1.54) is 13.2 Å². The average Bonchev–Trinajstić information content (AvgIpc) is 2.38. The summed E-state index contributed by atoms with van der Waals surface area (Å²) in [5.74, 6) is 0.503. The summed E-state index contributed by atoms with van der Waals surface area (Å²) in [6, 6.07) is 11.4. The highest BCUT2D eigenvalue weighted by Gasteiger charge is 2.14. The third kappa shape index (κ3) is 3.03. The lowest BCUT2D eigenvalue weighted by molar-refractivity contribution is 0.417. The van der Waals surface area contributed by atoms with Gasteiger partial charge in [-0.2, -0.15) is 0 Å². The Morgan fingerprint density at radius 1 is 1.15 bits per heavy atom. The highest BCUT2D eigenvalue weighted by Crippen LogP contribution is 2.26. The molecule has 2 rings (SSSR count). The SMILES string of the molecule is COc1ccc(NS(=O)(=O)c2cccc(C)c2)cc1N. The summed E-state index contributed by atoms with van der Waals surface area (Å²) in [6.07, 6.45) is 0. The van der Waals surface area contributed by atoms with Crippen molar-refractivity contribution in [1.29, 1.82) is 0 Å². The molecule has 20 heavy (non-hydrogen) atoms. The Hall–Kier alpha value is -2.21. The second-order valence-electron chi connectivity index (χ2n) is 4.38. The van der Waals surface area contributed by atoms with Gasteiger partial charge in [0.25, 0.3) is 10.0 Å². The predicted octanol–water partition coefficient (Wildman–Crippen LogP) is 2.39. The Balaban J connectivity index is 2.31. The van der Waals surface area contributed by atoms with Crippen LogP contribution in [0.1, 0.15) is 5.56 Å². The molecule has 0 aliphatic rings. The quantitative estimate of drug-likeness (QED) is 0.848. The highest BCUT2D eigenvalue weighted by atomic mass is 32.2. The number of sulfonamides is 1. The van der Waals surface area contributed by atoms with E-state index in [4.69, 9.17) is 10.5 Å². The van der Waals surface area contributed by atoms with Crippen LogP contribution in [0, 0.1) is 6.92 Å². The van der Waals surface area contributed by atoms with Gasteiger partial charge in [-0.05, 0) is 42.8 Å². The summed E-state index contributed by atoms with van der Waals surface area (Å²) in [5.41, 5.74) is 7.40. The smallest absolute Gasteiger partial charge is 0.261 e. The molecule has 0 aliphatic heterocycles. The summed E-state index contributed by atoms with van der Waals surface area (Å²) in [4.78, 5) is 0.215. The molecule has 2 aromatic carbocycles. The molecule has 0 amide bonds. The van der Waals surface area contributed by atoms with Gasteiger partial charge in [-0.25, -0.2) is 8.42 Å². The number of benzene rings is 2. The normalized spacial score (nSPS) is 11.1. The first kappa shape index (κ1) is 14.2. The van der Waals surface area contributed by atoms with Gasteiger partial charge in [0.2, 0.25) is 0 Å². The molecule has 2 aromatic rings. The first-order chi connectivity index (χ1) is 9.42. The van der Waals surface area contributed by atoms with Gasteiger partial charge in [-0.3, -0.25) is 4.72 Å². The van der Waals surface area contributed by atoms with E-state index in [1.54, 1.807) is 30.3 Å². The van der Waals surface area contributed by atoms with Crippen LogP contribution in [0.15, 0.2) is 47.4 Å². The molecule has 5 nitrogen and oxygen atoms in total.